The first-order chi connectivity index (χ1) is 17.5. The molecule has 1 aliphatic carbocycles. The van der Waals surface area contributed by atoms with E-state index >= 15 is 0 Å². The van der Waals surface area contributed by atoms with Crippen molar-refractivity contribution < 1.29 is 4.79 Å². The number of imidazole rings is 1. The standard InChI is InChI=1S/C30H34N4OS/c1-20-9-11-23(12-10-20)18-34-28-27(8-5-17-31-28)33-30(34)36-19-24-13-15-25(16-14-24)29(35)32-26-7-4-6-21(2)22(26)3/h5,8-17,21-22,26H,4,6-7,18-19H2,1-3H3,(H,32,35)/t21-,22+,26-/m1/s1. The topological polar surface area (TPSA) is 59.8 Å². The normalized spacial score (nSPS) is 19.9. The minimum atomic E-state index is 0.0334. The van der Waals surface area contributed by atoms with E-state index in [9.17, 15) is 4.79 Å². The van der Waals surface area contributed by atoms with Crippen LogP contribution >= 0.6 is 11.8 Å². The molecular weight excluding hydrogens is 464 g/mol. The fraction of sp³-hybridized carbons (Fsp3) is 0.367. The third-order valence-corrected chi connectivity index (χ3v) is 8.58. The number of hydrogen-bond acceptors (Lipinski definition) is 4. The fourth-order valence-electron chi connectivity index (χ4n) is 5.00. The van der Waals surface area contributed by atoms with E-state index in [1.54, 1.807) is 11.8 Å². The molecule has 1 saturated carbocycles. The van der Waals surface area contributed by atoms with Gasteiger partial charge in [0.25, 0.3) is 5.91 Å². The van der Waals surface area contributed by atoms with Gasteiger partial charge >= 0.3 is 0 Å². The van der Waals surface area contributed by atoms with E-state index in [2.05, 4.69) is 72.0 Å². The molecule has 0 bridgehead atoms. The second-order valence-corrected chi connectivity index (χ2v) is 11.1. The largest absolute Gasteiger partial charge is 0.349 e. The number of benzene rings is 2. The second-order valence-electron chi connectivity index (χ2n) is 10.1. The van der Waals surface area contributed by atoms with Gasteiger partial charge in [-0.05, 0) is 60.6 Å². The quantitative estimate of drug-likeness (QED) is 0.290. The average molecular weight is 499 g/mol. The maximum atomic E-state index is 12.9. The molecular formula is C30H34N4OS. The lowest BCUT2D eigenvalue weighted by atomic mass is 9.78. The highest BCUT2D eigenvalue weighted by Gasteiger charge is 2.28. The predicted molar refractivity (Wildman–Crippen MR) is 147 cm³/mol. The van der Waals surface area contributed by atoms with Crippen molar-refractivity contribution in [3.63, 3.8) is 0 Å². The van der Waals surface area contributed by atoms with Gasteiger partial charge in [-0.25, -0.2) is 9.97 Å². The summed E-state index contributed by atoms with van der Waals surface area (Å²) in [5.41, 5.74) is 6.18. The number of nitrogens with one attached hydrogen (secondary N) is 1. The number of fused-ring (bicyclic) bond motifs is 1. The molecule has 1 aliphatic rings. The van der Waals surface area contributed by atoms with Gasteiger partial charge < -0.3 is 5.32 Å². The maximum Gasteiger partial charge on any atom is 0.251 e. The number of amides is 1. The van der Waals surface area contributed by atoms with Gasteiger partial charge in [-0.1, -0.05) is 80.4 Å². The molecule has 0 radical (unpaired) electrons. The van der Waals surface area contributed by atoms with Crippen molar-refractivity contribution in [1.29, 1.82) is 0 Å². The molecule has 1 amide bonds. The van der Waals surface area contributed by atoms with Crippen molar-refractivity contribution in [3.05, 3.63) is 89.1 Å². The van der Waals surface area contributed by atoms with Gasteiger partial charge in [-0.15, -0.1) is 0 Å². The van der Waals surface area contributed by atoms with Gasteiger partial charge in [-0.3, -0.25) is 9.36 Å². The van der Waals surface area contributed by atoms with Gasteiger partial charge in [0.05, 0.1) is 6.54 Å². The SMILES string of the molecule is Cc1ccc(Cn2c(SCc3ccc(C(=O)N[C@@H]4CCC[C@@H](C)[C@@H]4C)cc3)nc3cccnc32)cc1. The Balaban J connectivity index is 1.27. The van der Waals surface area contributed by atoms with Crippen molar-refractivity contribution in [2.45, 2.75) is 63.5 Å². The fourth-order valence-corrected chi connectivity index (χ4v) is 5.96. The minimum absolute atomic E-state index is 0.0334. The molecule has 2 aromatic heterocycles. The van der Waals surface area contributed by atoms with Crippen LogP contribution in [0.5, 0.6) is 0 Å². The first-order valence-corrected chi connectivity index (χ1v) is 13.9. The van der Waals surface area contributed by atoms with Crippen LogP contribution < -0.4 is 5.32 Å². The van der Waals surface area contributed by atoms with Crippen molar-refractivity contribution in [2.75, 3.05) is 0 Å². The molecule has 6 heteroatoms. The highest BCUT2D eigenvalue weighted by atomic mass is 32.2. The minimum Gasteiger partial charge on any atom is -0.349 e. The van der Waals surface area contributed by atoms with Gasteiger partial charge in [0.2, 0.25) is 0 Å². The summed E-state index contributed by atoms with van der Waals surface area (Å²) in [6, 6.07) is 20.8. The van der Waals surface area contributed by atoms with E-state index in [0.29, 0.717) is 11.8 Å². The molecule has 0 saturated heterocycles. The number of nitrogens with zero attached hydrogens (tertiary/aromatic N) is 3. The van der Waals surface area contributed by atoms with Crippen LogP contribution in [0.15, 0.2) is 72.0 Å². The van der Waals surface area contributed by atoms with E-state index in [0.717, 1.165) is 46.2 Å². The highest BCUT2D eigenvalue weighted by molar-refractivity contribution is 7.98. The van der Waals surface area contributed by atoms with E-state index in [4.69, 9.17) is 4.98 Å². The molecule has 4 aromatic rings. The van der Waals surface area contributed by atoms with Crippen molar-refractivity contribution in [1.82, 2.24) is 19.9 Å². The Morgan fingerprint density at radius 3 is 2.56 bits per heavy atom. The average Bonchev–Trinajstić information content (AvgIpc) is 3.24. The van der Waals surface area contributed by atoms with E-state index in [1.807, 2.05) is 30.5 Å². The molecule has 5 rings (SSSR count). The third-order valence-electron chi connectivity index (χ3n) is 7.54. The van der Waals surface area contributed by atoms with Gasteiger partial charge in [-0.2, -0.15) is 0 Å². The van der Waals surface area contributed by atoms with Crippen molar-refractivity contribution in [3.8, 4) is 0 Å². The number of thioether (sulfide) groups is 1. The molecule has 1 N–H and O–H groups in total. The number of carbonyl (C=O) groups excluding carboxylic acids is 1. The molecule has 5 nitrogen and oxygen atoms in total. The van der Waals surface area contributed by atoms with Crippen LogP contribution in [-0.2, 0) is 12.3 Å². The molecule has 2 aromatic carbocycles. The first-order valence-electron chi connectivity index (χ1n) is 12.9. The zero-order valence-electron chi connectivity index (χ0n) is 21.3. The number of aromatic nitrogens is 3. The highest BCUT2D eigenvalue weighted by Crippen LogP contribution is 2.30. The molecule has 186 valence electrons. The summed E-state index contributed by atoms with van der Waals surface area (Å²) in [4.78, 5) is 22.3. The van der Waals surface area contributed by atoms with Gasteiger partial charge in [0, 0.05) is 23.6 Å². The summed E-state index contributed by atoms with van der Waals surface area (Å²) < 4.78 is 2.19. The summed E-state index contributed by atoms with van der Waals surface area (Å²) >= 11 is 1.70. The van der Waals surface area contributed by atoms with Crippen LogP contribution in [0, 0.1) is 18.8 Å². The second kappa shape index (κ2) is 10.9. The third kappa shape index (κ3) is 5.49. The predicted octanol–water partition coefficient (Wildman–Crippen LogP) is 6.63. The Kier molecular flexibility index (Phi) is 7.42. The van der Waals surface area contributed by atoms with Crippen LogP contribution in [0.4, 0.5) is 0 Å². The number of rotatable bonds is 7. The number of hydrogen-bond donors (Lipinski definition) is 1. The van der Waals surface area contributed by atoms with Crippen LogP contribution in [-0.4, -0.2) is 26.5 Å². The molecule has 0 spiro atoms. The number of pyridine rings is 1. The zero-order valence-corrected chi connectivity index (χ0v) is 22.1. The summed E-state index contributed by atoms with van der Waals surface area (Å²) in [5, 5.41) is 4.23. The van der Waals surface area contributed by atoms with E-state index in [1.165, 1.54) is 24.0 Å². The van der Waals surface area contributed by atoms with Crippen molar-refractivity contribution in [2.24, 2.45) is 11.8 Å². The van der Waals surface area contributed by atoms with Crippen LogP contribution in [0.3, 0.4) is 0 Å². The lowest BCUT2D eigenvalue weighted by molar-refractivity contribution is 0.0891. The Morgan fingerprint density at radius 2 is 1.78 bits per heavy atom. The Labute approximate surface area is 217 Å². The molecule has 36 heavy (non-hydrogen) atoms. The van der Waals surface area contributed by atoms with Crippen LogP contribution in [0.2, 0.25) is 0 Å². The van der Waals surface area contributed by atoms with Crippen molar-refractivity contribution >= 4 is 28.8 Å². The maximum absolute atomic E-state index is 12.9. The van der Waals surface area contributed by atoms with Gasteiger partial charge in [0.1, 0.15) is 5.52 Å². The molecule has 0 unspecified atom stereocenters. The summed E-state index contributed by atoms with van der Waals surface area (Å²) in [5.74, 6) is 1.99. The number of carbonyl (C=O) groups is 1. The molecule has 3 atom stereocenters. The van der Waals surface area contributed by atoms with E-state index < -0.39 is 0 Å². The Bertz CT molecular complexity index is 1330. The molecule has 1 fully saturated rings. The first kappa shape index (κ1) is 24.6. The van der Waals surface area contributed by atoms with E-state index in [-0.39, 0.29) is 11.9 Å². The molecule has 0 aliphatic heterocycles. The summed E-state index contributed by atoms with van der Waals surface area (Å²) in [6.07, 6.45) is 5.35. The number of aryl methyl sites for hydroxylation is 1. The van der Waals surface area contributed by atoms with Gasteiger partial charge in [0.15, 0.2) is 10.8 Å². The Morgan fingerprint density at radius 1 is 1.03 bits per heavy atom. The van der Waals surface area contributed by atoms with Crippen LogP contribution in [0.1, 0.15) is 60.2 Å². The molecule has 2 heterocycles. The summed E-state index contributed by atoms with van der Waals surface area (Å²) in [7, 11) is 0. The lowest BCUT2D eigenvalue weighted by Crippen LogP contribution is -2.43. The lowest BCUT2D eigenvalue weighted by Gasteiger charge is -2.34. The monoisotopic (exact) mass is 498 g/mol. The smallest absolute Gasteiger partial charge is 0.251 e. The Hall–Kier alpha value is -3.12. The zero-order chi connectivity index (χ0) is 25.1. The van der Waals surface area contributed by atoms with Crippen LogP contribution in [0.25, 0.3) is 11.2 Å². The summed E-state index contributed by atoms with van der Waals surface area (Å²) in [6.45, 7) is 7.38.